The number of anilines is 2. The van der Waals surface area contributed by atoms with E-state index in [-0.39, 0.29) is 12.4 Å². The van der Waals surface area contributed by atoms with Crippen molar-refractivity contribution in [1.29, 1.82) is 0 Å². The number of cyclic esters (lactones) is 1. The molecule has 1 aliphatic rings. The van der Waals surface area contributed by atoms with E-state index < -0.39 is 12.0 Å². The molecule has 14 heavy (non-hydrogen) atoms. The van der Waals surface area contributed by atoms with Gasteiger partial charge < -0.3 is 10.5 Å². The number of pyridine rings is 1. The SMILES string of the molecule is Nc1ccc(N2C(=O)COC2=O)nc1. The van der Waals surface area contributed by atoms with Crippen LogP contribution >= 0.6 is 0 Å². The van der Waals surface area contributed by atoms with Gasteiger partial charge in [-0.3, -0.25) is 4.79 Å². The summed E-state index contributed by atoms with van der Waals surface area (Å²) in [6.45, 7) is -0.231. The van der Waals surface area contributed by atoms with E-state index in [0.717, 1.165) is 4.90 Å². The zero-order valence-corrected chi connectivity index (χ0v) is 7.14. The van der Waals surface area contributed by atoms with Crippen LogP contribution in [-0.4, -0.2) is 23.6 Å². The van der Waals surface area contributed by atoms with Crippen LogP contribution in [0.15, 0.2) is 18.3 Å². The second-order valence-corrected chi connectivity index (χ2v) is 2.73. The van der Waals surface area contributed by atoms with E-state index in [0.29, 0.717) is 5.69 Å². The maximum atomic E-state index is 11.2. The molecule has 1 aliphatic heterocycles. The molecule has 0 aliphatic carbocycles. The Kier molecular flexibility index (Phi) is 1.81. The lowest BCUT2D eigenvalue weighted by atomic mass is 10.4. The van der Waals surface area contributed by atoms with Gasteiger partial charge in [0.15, 0.2) is 6.61 Å². The van der Waals surface area contributed by atoms with Gasteiger partial charge in [0.05, 0.1) is 11.9 Å². The first-order valence-corrected chi connectivity index (χ1v) is 3.90. The maximum Gasteiger partial charge on any atom is 0.423 e. The number of hydrogen-bond acceptors (Lipinski definition) is 5. The molecule has 0 aromatic carbocycles. The Labute approximate surface area is 79.3 Å². The monoisotopic (exact) mass is 193 g/mol. The molecule has 1 aromatic heterocycles. The van der Waals surface area contributed by atoms with Crippen LogP contribution in [0.5, 0.6) is 0 Å². The van der Waals surface area contributed by atoms with Gasteiger partial charge in [0.1, 0.15) is 5.82 Å². The lowest BCUT2D eigenvalue weighted by Gasteiger charge is -2.08. The van der Waals surface area contributed by atoms with Gasteiger partial charge in [0, 0.05) is 0 Å². The third-order valence-electron chi connectivity index (χ3n) is 1.75. The number of imide groups is 1. The van der Waals surface area contributed by atoms with Crippen molar-refractivity contribution in [3.8, 4) is 0 Å². The van der Waals surface area contributed by atoms with Gasteiger partial charge in [0.25, 0.3) is 5.91 Å². The number of hydrogen-bond donors (Lipinski definition) is 1. The molecule has 0 bridgehead atoms. The third kappa shape index (κ3) is 1.26. The van der Waals surface area contributed by atoms with Crippen molar-refractivity contribution in [2.45, 2.75) is 0 Å². The molecule has 2 rings (SSSR count). The Morgan fingerprint density at radius 2 is 2.21 bits per heavy atom. The van der Waals surface area contributed by atoms with E-state index in [2.05, 4.69) is 9.72 Å². The van der Waals surface area contributed by atoms with Gasteiger partial charge in [-0.15, -0.1) is 0 Å². The van der Waals surface area contributed by atoms with Crippen molar-refractivity contribution in [1.82, 2.24) is 4.98 Å². The molecule has 6 nitrogen and oxygen atoms in total. The molecule has 0 spiro atoms. The summed E-state index contributed by atoms with van der Waals surface area (Å²) in [5.41, 5.74) is 5.88. The van der Waals surface area contributed by atoms with Crippen molar-refractivity contribution >= 4 is 23.5 Å². The average molecular weight is 193 g/mol. The molecular formula is C8H7N3O3. The number of rotatable bonds is 1. The van der Waals surface area contributed by atoms with Crippen LogP contribution in [0.3, 0.4) is 0 Å². The number of nitrogens with zero attached hydrogens (tertiary/aromatic N) is 2. The Hall–Kier alpha value is -2.11. The smallest absolute Gasteiger partial charge is 0.423 e. The summed E-state index contributed by atoms with van der Waals surface area (Å²) in [4.78, 5) is 27.0. The minimum absolute atomic E-state index is 0.228. The topological polar surface area (TPSA) is 85.5 Å². The third-order valence-corrected chi connectivity index (χ3v) is 1.75. The summed E-state index contributed by atoms with van der Waals surface area (Å²) < 4.78 is 4.53. The molecule has 1 saturated heterocycles. The van der Waals surface area contributed by atoms with Gasteiger partial charge in [-0.1, -0.05) is 0 Å². The highest BCUT2D eigenvalue weighted by atomic mass is 16.6. The number of nitrogen functional groups attached to an aromatic ring is 1. The Bertz CT molecular complexity index is 371. The van der Waals surface area contributed by atoms with Crippen LogP contribution in [0.4, 0.5) is 16.3 Å². The number of carbonyl (C=O) groups excluding carboxylic acids is 2. The summed E-state index contributed by atoms with van der Waals surface area (Å²) in [7, 11) is 0. The Morgan fingerprint density at radius 3 is 2.71 bits per heavy atom. The predicted molar refractivity (Wildman–Crippen MR) is 47.5 cm³/mol. The van der Waals surface area contributed by atoms with E-state index in [4.69, 9.17) is 5.73 Å². The molecule has 2 N–H and O–H groups in total. The van der Waals surface area contributed by atoms with Crippen molar-refractivity contribution < 1.29 is 14.3 Å². The van der Waals surface area contributed by atoms with Crippen LogP contribution in [-0.2, 0) is 9.53 Å². The fraction of sp³-hybridized carbons (Fsp3) is 0.125. The molecule has 6 heteroatoms. The Morgan fingerprint density at radius 1 is 1.43 bits per heavy atom. The highest BCUT2D eigenvalue weighted by Gasteiger charge is 2.33. The van der Waals surface area contributed by atoms with Crippen LogP contribution < -0.4 is 10.6 Å². The number of aromatic nitrogens is 1. The summed E-state index contributed by atoms with van der Waals surface area (Å²) in [6.07, 6.45) is 0.668. The van der Waals surface area contributed by atoms with Crippen LogP contribution in [0.2, 0.25) is 0 Å². The lowest BCUT2D eigenvalue weighted by Crippen LogP contribution is -2.29. The second kappa shape index (κ2) is 2.99. The van der Waals surface area contributed by atoms with Crippen molar-refractivity contribution in [3.05, 3.63) is 18.3 Å². The number of amides is 2. The summed E-state index contributed by atoms with van der Waals surface area (Å²) >= 11 is 0. The zero-order valence-electron chi connectivity index (χ0n) is 7.14. The Balaban J connectivity index is 2.34. The highest BCUT2D eigenvalue weighted by molar-refractivity contribution is 6.16. The molecule has 2 heterocycles. The largest absolute Gasteiger partial charge is 0.439 e. The zero-order chi connectivity index (χ0) is 10.1. The average Bonchev–Trinajstić information content (AvgIpc) is 2.49. The van der Waals surface area contributed by atoms with Crippen LogP contribution in [0, 0.1) is 0 Å². The molecular weight excluding hydrogens is 186 g/mol. The fourth-order valence-electron chi connectivity index (χ4n) is 1.11. The first kappa shape index (κ1) is 8.49. The quantitative estimate of drug-likeness (QED) is 0.685. The van der Waals surface area contributed by atoms with Gasteiger partial charge in [-0.05, 0) is 12.1 Å². The second-order valence-electron chi connectivity index (χ2n) is 2.73. The minimum Gasteiger partial charge on any atom is -0.439 e. The van der Waals surface area contributed by atoms with E-state index in [1.807, 2.05) is 0 Å². The van der Waals surface area contributed by atoms with Crippen molar-refractivity contribution in [2.75, 3.05) is 17.2 Å². The molecule has 1 aromatic rings. The van der Waals surface area contributed by atoms with Crippen molar-refractivity contribution in [2.24, 2.45) is 0 Å². The van der Waals surface area contributed by atoms with E-state index in [1.54, 1.807) is 6.07 Å². The minimum atomic E-state index is -0.702. The summed E-state index contributed by atoms with van der Waals surface area (Å²) in [5, 5.41) is 0. The van der Waals surface area contributed by atoms with Crippen LogP contribution in [0.25, 0.3) is 0 Å². The lowest BCUT2D eigenvalue weighted by molar-refractivity contribution is -0.117. The molecule has 0 saturated carbocycles. The molecule has 0 atom stereocenters. The first-order valence-electron chi connectivity index (χ1n) is 3.90. The van der Waals surface area contributed by atoms with Gasteiger partial charge in [-0.2, -0.15) is 4.90 Å². The van der Waals surface area contributed by atoms with Gasteiger partial charge in [0.2, 0.25) is 0 Å². The molecule has 1 fully saturated rings. The first-order chi connectivity index (χ1) is 6.68. The van der Waals surface area contributed by atoms with Gasteiger partial charge >= 0.3 is 6.09 Å². The van der Waals surface area contributed by atoms with Crippen LogP contribution in [0.1, 0.15) is 0 Å². The molecule has 72 valence electrons. The standard InChI is InChI=1S/C8H7N3O3/c9-5-1-2-6(10-3-5)11-7(12)4-14-8(11)13/h1-3H,4,9H2. The molecule has 2 amide bonds. The summed E-state index contributed by atoms with van der Waals surface area (Å²) in [6, 6.07) is 3.04. The normalized spacial score (nSPS) is 15.9. The van der Waals surface area contributed by atoms with Crippen molar-refractivity contribution in [3.63, 3.8) is 0 Å². The molecule has 0 radical (unpaired) electrons. The maximum absolute atomic E-state index is 11.2. The van der Waals surface area contributed by atoms with E-state index in [1.165, 1.54) is 12.3 Å². The highest BCUT2D eigenvalue weighted by Crippen LogP contribution is 2.17. The van der Waals surface area contributed by atoms with Gasteiger partial charge in [-0.25, -0.2) is 9.78 Å². The van der Waals surface area contributed by atoms with E-state index >= 15 is 0 Å². The number of nitrogens with two attached hydrogens (primary N) is 1. The fourth-order valence-corrected chi connectivity index (χ4v) is 1.11. The van der Waals surface area contributed by atoms with E-state index in [9.17, 15) is 9.59 Å². The predicted octanol–water partition coefficient (Wildman–Crippen LogP) is 0.147. The number of ether oxygens (including phenoxy) is 1. The molecule has 0 unspecified atom stereocenters. The summed E-state index contributed by atoms with van der Waals surface area (Å²) in [5.74, 6) is -0.195. The number of carbonyl (C=O) groups is 2.